The number of benzene rings is 1. The summed E-state index contributed by atoms with van der Waals surface area (Å²) in [5.74, 6) is 4.41. The monoisotopic (exact) mass is 1290 g/mol. The van der Waals surface area contributed by atoms with E-state index in [1.165, 1.54) is 24.8 Å². The van der Waals surface area contributed by atoms with Gasteiger partial charge >= 0.3 is 6.09 Å². The van der Waals surface area contributed by atoms with Crippen LogP contribution in [0.15, 0.2) is 117 Å². The lowest BCUT2D eigenvalue weighted by atomic mass is 10.1. The van der Waals surface area contributed by atoms with E-state index < -0.39 is 5.60 Å². The highest BCUT2D eigenvalue weighted by Crippen LogP contribution is 2.35. The first kappa shape index (κ1) is 67.4. The molecule has 13 heterocycles. The van der Waals surface area contributed by atoms with E-state index in [1.807, 2.05) is 104 Å². The maximum absolute atomic E-state index is 11.8. The normalized spacial score (nSPS) is 18.7. The fourth-order valence-corrected chi connectivity index (χ4v) is 12.6. The summed E-state index contributed by atoms with van der Waals surface area (Å²) in [6.45, 7) is 24.7. The molecule has 0 saturated carbocycles. The van der Waals surface area contributed by atoms with Crippen LogP contribution in [0.3, 0.4) is 0 Å². The third-order valence-electron chi connectivity index (χ3n) is 16.9. The Morgan fingerprint density at radius 1 is 0.547 bits per heavy atom. The maximum Gasteiger partial charge on any atom is 0.407 e. The molecule has 5 aliphatic rings. The Morgan fingerprint density at radius 3 is 1.40 bits per heavy atom. The van der Waals surface area contributed by atoms with E-state index in [-0.39, 0.29) is 12.1 Å². The summed E-state index contributed by atoms with van der Waals surface area (Å²) in [7, 11) is 0. The predicted octanol–water partition coefficient (Wildman–Crippen LogP) is 7.76. The number of carbonyl (C=O) groups is 1. The van der Waals surface area contributed by atoms with E-state index in [9.17, 15) is 4.79 Å². The Hall–Kier alpha value is -8.99. The van der Waals surface area contributed by atoms with Crippen molar-refractivity contribution in [3.63, 3.8) is 0 Å². The second-order valence-electron chi connectivity index (χ2n) is 25.4. The molecule has 5 N–H and O–H groups in total. The van der Waals surface area contributed by atoms with Crippen molar-refractivity contribution in [3.05, 3.63) is 168 Å². The Balaban J connectivity index is 0.000000132. The van der Waals surface area contributed by atoms with Crippen molar-refractivity contribution in [2.24, 2.45) is 5.73 Å². The fraction of sp³-hybridized carbons (Fsp3) is 0.485. The second kappa shape index (κ2) is 32.4. The fourth-order valence-electron chi connectivity index (χ4n) is 12.6. The number of amides is 1. The maximum atomic E-state index is 11.8. The molecule has 14 rings (SSSR count). The van der Waals surface area contributed by atoms with Crippen molar-refractivity contribution >= 4 is 6.09 Å². The summed E-state index contributed by atoms with van der Waals surface area (Å²) in [4.78, 5) is 72.3. The number of hydrogen-bond acceptors (Lipinski definition) is 22. The Bertz CT molecular complexity index is 3840. The third kappa shape index (κ3) is 18.7. The zero-order valence-corrected chi connectivity index (χ0v) is 55.8. The number of hydrogen-bond donors (Lipinski definition) is 4. The van der Waals surface area contributed by atoms with Gasteiger partial charge in [0.25, 0.3) is 0 Å². The molecule has 4 atom stereocenters. The summed E-state index contributed by atoms with van der Waals surface area (Å²) in [6.07, 6.45) is 30.1. The van der Waals surface area contributed by atoms with E-state index in [0.29, 0.717) is 68.2 Å². The van der Waals surface area contributed by atoms with Crippen LogP contribution >= 0.6 is 0 Å². The minimum Gasteiger partial charge on any atom is -0.486 e. The van der Waals surface area contributed by atoms with Crippen LogP contribution in [0.25, 0.3) is 23.8 Å². The van der Waals surface area contributed by atoms with Crippen LogP contribution in [0.1, 0.15) is 147 Å². The number of aromatic nitrogens is 16. The highest BCUT2D eigenvalue weighted by atomic mass is 16.6. The van der Waals surface area contributed by atoms with Crippen molar-refractivity contribution in [2.75, 3.05) is 78.7 Å². The molecule has 0 aliphatic carbocycles. The number of imidazole rings is 4. The summed E-state index contributed by atoms with van der Waals surface area (Å²) in [6, 6.07) is 15.8. The molecule has 1 amide bonds. The highest BCUT2D eigenvalue weighted by Gasteiger charge is 2.31. The average molecular weight is 1290 g/mol. The Kier molecular flexibility index (Phi) is 23.0. The molecule has 1 aromatic carbocycles. The zero-order valence-electron chi connectivity index (χ0n) is 55.8. The Labute approximate surface area is 555 Å². The van der Waals surface area contributed by atoms with Gasteiger partial charge in [-0.15, -0.1) is 0 Å². The molecule has 4 saturated heterocycles. The first-order valence-corrected chi connectivity index (χ1v) is 33.3. The van der Waals surface area contributed by atoms with E-state index in [2.05, 4.69) is 106 Å². The number of nitrogens with one attached hydrogen (secondary N) is 3. The van der Waals surface area contributed by atoms with Gasteiger partial charge in [0, 0.05) is 124 Å². The summed E-state index contributed by atoms with van der Waals surface area (Å²) < 4.78 is 23.9. The van der Waals surface area contributed by atoms with E-state index in [4.69, 9.17) is 34.9 Å². The smallest absolute Gasteiger partial charge is 0.407 e. The summed E-state index contributed by atoms with van der Waals surface area (Å²) in [5.41, 5.74) is 14.6. The Morgan fingerprint density at radius 2 is 0.979 bits per heavy atom. The van der Waals surface area contributed by atoms with Gasteiger partial charge in [-0.3, -0.25) is 33.0 Å². The molecule has 0 bridgehead atoms. The van der Waals surface area contributed by atoms with E-state index in [1.54, 1.807) is 50.1 Å². The molecule has 27 nitrogen and oxygen atoms in total. The number of nitrogens with zero attached hydrogens (tertiary/aromatic N) is 19. The van der Waals surface area contributed by atoms with Crippen LogP contribution in [0, 0.1) is 27.7 Å². The molecule has 0 spiro atoms. The van der Waals surface area contributed by atoms with Gasteiger partial charge in [-0.25, -0.2) is 64.6 Å². The number of aryl methyl sites for hydroxylation is 4. The number of ether oxygens (including phenoxy) is 3. The molecule has 9 aromatic rings. The van der Waals surface area contributed by atoms with Crippen molar-refractivity contribution in [2.45, 2.75) is 136 Å². The standard InChI is InChI=1S/C23H28N6O2.C19H28N6O2.C14H20N6.C12H15N5/c1-17-13-19(27-23(26-17)29-10-7-25-16-29)20-3-2-8-28(20)9-6-24-15-18-4-5-21-22(14-18)31-12-11-30-21;1-14-12-15(23-17(22-14)25-10-7-20-13-25)16-6-5-9-24(16)11-8-21-18(26)27-19(2,3)4;1-11-9-12(13-3-2-6-19(13)7-4-15)18-14(17-11)20-8-5-16-10-20;1-9-7-11(10-3-2-4-14-10)16-12(15-9)17-6-5-13-8-17/h4-5,7,10,13-14,16,20,24H,2-3,6,8-9,11-12,15H2,1H3;7,10,12-13,16H,5-6,8-9,11H2,1-4H3,(H,21,26);5,8-10,13H,2-4,6-7,15H2,1H3;5-8,10,14H,2-4H2,1H3. The largest absolute Gasteiger partial charge is 0.486 e. The zero-order chi connectivity index (χ0) is 66.1. The van der Waals surface area contributed by atoms with Crippen LogP contribution in [0.2, 0.25) is 0 Å². The number of likely N-dealkylation sites (tertiary alicyclic amines) is 3. The minimum atomic E-state index is -0.484. The topological polar surface area (TPSA) is 291 Å². The van der Waals surface area contributed by atoms with E-state index >= 15 is 0 Å². The molecule has 5 aliphatic heterocycles. The van der Waals surface area contributed by atoms with Crippen molar-refractivity contribution < 1.29 is 19.0 Å². The second-order valence-corrected chi connectivity index (χ2v) is 25.4. The molecular formula is C68H91N23O4. The van der Waals surface area contributed by atoms with Crippen LogP contribution < -0.4 is 31.2 Å². The highest BCUT2D eigenvalue weighted by molar-refractivity contribution is 5.67. The number of alkyl carbamates (subject to hydrolysis) is 1. The first-order valence-electron chi connectivity index (χ1n) is 33.3. The molecule has 4 fully saturated rings. The van der Waals surface area contributed by atoms with Gasteiger partial charge in [0.05, 0.1) is 40.9 Å². The molecule has 0 radical (unpaired) electrons. The van der Waals surface area contributed by atoms with Gasteiger partial charge in [0.2, 0.25) is 23.8 Å². The molecule has 4 unspecified atom stereocenters. The predicted molar refractivity (Wildman–Crippen MR) is 359 cm³/mol. The summed E-state index contributed by atoms with van der Waals surface area (Å²) in [5, 5.41) is 9.86. The van der Waals surface area contributed by atoms with Crippen LogP contribution in [-0.2, 0) is 11.3 Å². The molecule has 8 aromatic heterocycles. The average Bonchev–Trinajstić information content (AvgIpc) is 1.92. The number of carbonyl (C=O) groups excluding carboxylic acids is 1. The third-order valence-corrected chi connectivity index (χ3v) is 16.9. The van der Waals surface area contributed by atoms with Gasteiger partial charge < -0.3 is 35.9 Å². The van der Waals surface area contributed by atoms with Crippen LogP contribution in [-0.4, -0.2) is 183 Å². The summed E-state index contributed by atoms with van der Waals surface area (Å²) >= 11 is 0. The van der Waals surface area contributed by atoms with Crippen molar-refractivity contribution in [1.82, 2.24) is 109 Å². The first-order chi connectivity index (χ1) is 46.2. The number of rotatable bonds is 18. The van der Waals surface area contributed by atoms with Gasteiger partial charge in [-0.2, -0.15) is 0 Å². The number of fused-ring (bicyclic) bond motifs is 1. The molecule has 95 heavy (non-hydrogen) atoms. The lowest BCUT2D eigenvalue weighted by Crippen LogP contribution is -2.38. The lowest BCUT2D eigenvalue weighted by molar-refractivity contribution is 0.0521. The van der Waals surface area contributed by atoms with Crippen molar-refractivity contribution in [1.29, 1.82) is 0 Å². The van der Waals surface area contributed by atoms with Crippen LogP contribution in [0.4, 0.5) is 4.79 Å². The van der Waals surface area contributed by atoms with Crippen LogP contribution in [0.5, 0.6) is 11.5 Å². The van der Waals surface area contributed by atoms with Gasteiger partial charge in [-0.1, -0.05) is 6.07 Å². The molecule has 27 heteroatoms. The minimum absolute atomic E-state index is 0.231. The van der Waals surface area contributed by atoms with Gasteiger partial charge in [-0.05, 0) is 168 Å². The molecule has 502 valence electrons. The lowest BCUT2D eigenvalue weighted by Gasteiger charge is -2.25. The van der Waals surface area contributed by atoms with Gasteiger partial charge in [0.15, 0.2) is 11.5 Å². The SMILES string of the molecule is Cc1cc(C2CCCN2)nc(-n2ccnc2)n1.Cc1cc(C2CCCN2CCN)nc(-n2ccnc2)n1.Cc1cc(C2CCCN2CCNC(=O)OC(C)(C)C)nc(-n2ccnc2)n1.Cc1cc(C2CCCN2CCNCc2ccc3c(c2)OCCO3)nc(-n2ccnc2)n1. The van der Waals surface area contributed by atoms with Crippen molar-refractivity contribution in [3.8, 4) is 35.3 Å². The molecular weight excluding hydrogens is 1200 g/mol. The van der Waals surface area contributed by atoms with E-state index in [0.717, 1.165) is 148 Å². The van der Waals surface area contributed by atoms with Gasteiger partial charge in [0.1, 0.15) is 44.1 Å². The number of nitrogens with two attached hydrogens (primary N) is 1. The quantitative estimate of drug-likeness (QED) is 0.0597.